The number of carbonyl (C=O) groups excluding carboxylic acids is 2. The summed E-state index contributed by atoms with van der Waals surface area (Å²) in [4.78, 5) is 27.1. The van der Waals surface area contributed by atoms with Crippen molar-refractivity contribution >= 4 is 35.1 Å². The molecule has 14 heteroatoms. The van der Waals surface area contributed by atoms with Gasteiger partial charge in [0, 0.05) is 11.8 Å². The first-order chi connectivity index (χ1) is 21.8. The van der Waals surface area contributed by atoms with Gasteiger partial charge >= 0.3 is 5.97 Å². The normalized spacial score (nSPS) is 21.0. The number of benzene rings is 3. The van der Waals surface area contributed by atoms with Gasteiger partial charge in [0.2, 0.25) is 12.5 Å². The molecule has 45 heavy (non-hydrogen) atoms. The van der Waals surface area contributed by atoms with E-state index in [1.165, 1.54) is 32.2 Å². The summed E-state index contributed by atoms with van der Waals surface area (Å²) in [7, 11) is 4.59. The lowest BCUT2D eigenvalue weighted by Gasteiger charge is -2.39. The number of esters is 1. The number of carbonyl (C=O) groups is 2. The first-order valence-corrected chi connectivity index (χ1v) is 14.7. The number of amides is 1. The van der Waals surface area contributed by atoms with Gasteiger partial charge in [-0.2, -0.15) is 0 Å². The Morgan fingerprint density at radius 2 is 1.64 bits per heavy atom. The molecule has 232 valence electrons. The third kappa shape index (κ3) is 4.84. The number of halogens is 2. The minimum Gasteiger partial charge on any atom is -0.493 e. The number of rotatable bonds is 7. The van der Waals surface area contributed by atoms with E-state index in [4.69, 9.17) is 51.6 Å². The summed E-state index contributed by atoms with van der Waals surface area (Å²) in [6, 6.07) is 11.7. The monoisotopic (exact) mass is 652 g/mol. The molecule has 1 N–H and O–H groups in total. The van der Waals surface area contributed by atoms with Crippen LogP contribution in [0.3, 0.4) is 0 Å². The fourth-order valence-electron chi connectivity index (χ4n) is 6.37. The van der Waals surface area contributed by atoms with Crippen molar-refractivity contribution in [1.29, 1.82) is 0 Å². The fourth-order valence-corrected chi connectivity index (χ4v) is 6.66. The molecule has 1 amide bonds. The average Bonchev–Trinajstić information content (AvgIpc) is 3.81. The van der Waals surface area contributed by atoms with Gasteiger partial charge in [0.1, 0.15) is 0 Å². The molecule has 0 unspecified atom stereocenters. The quantitative estimate of drug-likeness (QED) is 0.279. The van der Waals surface area contributed by atoms with Gasteiger partial charge < -0.3 is 33.7 Å². The van der Waals surface area contributed by atoms with Crippen LogP contribution in [0.5, 0.6) is 28.7 Å². The molecule has 7 rings (SSSR count). The smallest absolute Gasteiger partial charge is 0.310 e. The van der Waals surface area contributed by atoms with E-state index in [1.807, 2.05) is 24.3 Å². The predicted molar refractivity (Wildman–Crippen MR) is 160 cm³/mol. The summed E-state index contributed by atoms with van der Waals surface area (Å²) < 4.78 is 35.3. The van der Waals surface area contributed by atoms with Crippen LogP contribution in [-0.4, -0.2) is 61.6 Å². The van der Waals surface area contributed by atoms with Crippen LogP contribution >= 0.6 is 23.2 Å². The van der Waals surface area contributed by atoms with Crippen LogP contribution in [0.2, 0.25) is 10.0 Å². The van der Waals surface area contributed by atoms with Crippen molar-refractivity contribution in [2.24, 2.45) is 11.8 Å². The van der Waals surface area contributed by atoms with Crippen LogP contribution in [0.4, 0.5) is 0 Å². The molecule has 0 saturated carbocycles. The Morgan fingerprint density at radius 1 is 0.933 bits per heavy atom. The lowest BCUT2D eigenvalue weighted by atomic mass is 9.65. The van der Waals surface area contributed by atoms with E-state index < -0.39 is 29.7 Å². The zero-order valence-corrected chi connectivity index (χ0v) is 25.7. The summed E-state index contributed by atoms with van der Waals surface area (Å²) in [5.41, 5.74) is 2.90. The summed E-state index contributed by atoms with van der Waals surface area (Å²) in [5.74, 6) is -0.0684. The summed E-state index contributed by atoms with van der Waals surface area (Å²) in [6.45, 7) is 0.149. The number of methoxy groups -OCH3 is 3. The van der Waals surface area contributed by atoms with Crippen molar-refractivity contribution in [3.63, 3.8) is 0 Å². The van der Waals surface area contributed by atoms with Crippen molar-refractivity contribution in [1.82, 2.24) is 20.3 Å². The van der Waals surface area contributed by atoms with Crippen LogP contribution < -0.4 is 29.0 Å². The van der Waals surface area contributed by atoms with E-state index in [0.29, 0.717) is 44.5 Å². The molecule has 1 aromatic heterocycles. The van der Waals surface area contributed by atoms with Gasteiger partial charge in [-0.3, -0.25) is 9.59 Å². The van der Waals surface area contributed by atoms with E-state index in [9.17, 15) is 9.59 Å². The van der Waals surface area contributed by atoms with E-state index in [2.05, 4.69) is 15.6 Å². The average molecular weight is 653 g/mol. The third-order valence-corrected chi connectivity index (χ3v) is 9.15. The number of nitrogens with zero attached hydrogens (tertiary/aromatic N) is 3. The zero-order chi connectivity index (χ0) is 31.4. The lowest BCUT2D eigenvalue weighted by molar-refractivity contribution is -0.141. The SMILES string of the molecule is COc1cc([C@@H]2c3cc4c(cc3[C@@H](NC(=O)c3cn(-c5ccc(Cl)c(Cl)c5)nn3)[C@H]3COC(=O)[C@H]23)OCO4)cc(OC)c1OC. The molecule has 3 heterocycles. The Kier molecular flexibility index (Phi) is 7.33. The molecular formula is C31H26Cl2N4O8. The first kappa shape index (κ1) is 29.1. The molecule has 0 spiro atoms. The number of hydrogen-bond acceptors (Lipinski definition) is 10. The number of cyclic esters (lactones) is 1. The Hall–Kier alpha value is -4.68. The summed E-state index contributed by atoms with van der Waals surface area (Å²) in [5, 5.41) is 12.0. The molecule has 12 nitrogen and oxygen atoms in total. The van der Waals surface area contributed by atoms with Crippen LogP contribution in [0.25, 0.3) is 5.69 Å². The highest BCUT2D eigenvalue weighted by Gasteiger charge is 2.53. The Morgan fingerprint density at radius 3 is 2.31 bits per heavy atom. The topological polar surface area (TPSA) is 132 Å². The van der Waals surface area contributed by atoms with Crippen LogP contribution in [0.1, 0.15) is 39.1 Å². The molecule has 0 radical (unpaired) electrons. The van der Waals surface area contributed by atoms with E-state index in [-0.39, 0.29) is 25.1 Å². The Bertz CT molecular complexity index is 1820. The molecule has 1 fully saturated rings. The highest BCUT2D eigenvalue weighted by molar-refractivity contribution is 6.42. The second kappa shape index (κ2) is 11.4. The summed E-state index contributed by atoms with van der Waals surface area (Å²) >= 11 is 12.2. The molecule has 4 atom stereocenters. The molecular weight excluding hydrogens is 627 g/mol. The molecule has 1 saturated heterocycles. The second-order valence-corrected chi connectivity index (χ2v) is 11.5. The zero-order valence-electron chi connectivity index (χ0n) is 24.2. The van der Waals surface area contributed by atoms with Crippen molar-refractivity contribution in [3.8, 4) is 34.4 Å². The van der Waals surface area contributed by atoms with Gasteiger partial charge in [0.05, 0.1) is 61.8 Å². The van der Waals surface area contributed by atoms with Gasteiger partial charge in [-0.05, 0) is 59.2 Å². The molecule has 1 aliphatic carbocycles. The predicted octanol–water partition coefficient (Wildman–Crippen LogP) is 4.73. The van der Waals surface area contributed by atoms with Crippen molar-refractivity contribution in [3.05, 3.63) is 81.1 Å². The largest absolute Gasteiger partial charge is 0.493 e. The third-order valence-electron chi connectivity index (χ3n) is 8.41. The van der Waals surface area contributed by atoms with Gasteiger partial charge in [0.15, 0.2) is 28.7 Å². The molecule has 4 aromatic rings. The highest BCUT2D eigenvalue weighted by atomic mass is 35.5. The van der Waals surface area contributed by atoms with E-state index in [0.717, 1.165) is 16.7 Å². The molecule has 0 bridgehead atoms. The van der Waals surface area contributed by atoms with Crippen LogP contribution in [0.15, 0.2) is 48.7 Å². The highest BCUT2D eigenvalue weighted by Crippen LogP contribution is 2.55. The number of fused-ring (bicyclic) bond motifs is 3. The first-order valence-electron chi connectivity index (χ1n) is 13.9. The van der Waals surface area contributed by atoms with Gasteiger partial charge in [0.25, 0.3) is 5.91 Å². The molecule has 3 aliphatic rings. The molecule has 3 aromatic carbocycles. The van der Waals surface area contributed by atoms with E-state index in [1.54, 1.807) is 18.2 Å². The van der Waals surface area contributed by atoms with Crippen LogP contribution in [-0.2, 0) is 9.53 Å². The van der Waals surface area contributed by atoms with Crippen molar-refractivity contribution < 1.29 is 38.0 Å². The summed E-state index contributed by atoms with van der Waals surface area (Å²) in [6.07, 6.45) is 1.49. The maximum Gasteiger partial charge on any atom is 0.310 e. The standard InChI is InChI=1S/C31H26Cl2N4O8/c1-40-24-6-14(7-25(41-2)29(24)42-3)26-16-9-22-23(45-13-44-22)10-17(16)28(18-12-43-31(39)27(18)26)34-30(38)21-11-37(36-35-21)15-4-5-19(32)20(33)8-15/h4-11,18,26-28H,12-13H2,1-3H3,(H,34,38)/t18-,26+,27-,28+/m0/s1. The van der Waals surface area contributed by atoms with E-state index >= 15 is 0 Å². The number of aromatic nitrogens is 3. The number of ether oxygens (including phenoxy) is 6. The fraction of sp³-hybridized carbons (Fsp3) is 0.290. The van der Waals surface area contributed by atoms with Gasteiger partial charge in [-0.15, -0.1) is 5.10 Å². The van der Waals surface area contributed by atoms with Crippen molar-refractivity contribution in [2.45, 2.75) is 12.0 Å². The van der Waals surface area contributed by atoms with Gasteiger partial charge in [-0.1, -0.05) is 28.4 Å². The molecule has 2 aliphatic heterocycles. The Labute approximate surface area is 267 Å². The maximum atomic E-state index is 13.7. The minimum absolute atomic E-state index is 0.0524. The Balaban J connectivity index is 1.31. The number of hydrogen-bond donors (Lipinski definition) is 1. The maximum absolute atomic E-state index is 13.7. The van der Waals surface area contributed by atoms with Crippen LogP contribution in [0, 0.1) is 11.8 Å². The second-order valence-electron chi connectivity index (χ2n) is 10.7. The lowest BCUT2D eigenvalue weighted by Crippen LogP contribution is -2.43. The van der Waals surface area contributed by atoms with Gasteiger partial charge in [-0.25, -0.2) is 4.68 Å². The minimum atomic E-state index is -0.655. The number of nitrogens with one attached hydrogen (secondary N) is 1. The van der Waals surface area contributed by atoms with Crippen molar-refractivity contribution in [2.75, 3.05) is 34.7 Å².